The lowest BCUT2D eigenvalue weighted by Crippen LogP contribution is -2.36. The molecule has 1 aliphatic rings. The molecule has 2 amide bonds. The molecule has 0 atom stereocenters. The maximum atomic E-state index is 10.7. The van der Waals surface area contributed by atoms with Crippen LogP contribution in [0.2, 0.25) is 0 Å². The number of amides is 2. The minimum Gasteiger partial charge on any atom is -0.412 e. The smallest absolute Gasteiger partial charge is 0.228 e. The number of imide groups is 1. The fourth-order valence-corrected chi connectivity index (χ4v) is 0.865. The number of carbonyl (C=O) groups is 2. The van der Waals surface area contributed by atoms with Gasteiger partial charge in [-0.05, 0) is 6.42 Å². The Labute approximate surface area is 75.6 Å². The zero-order valence-electron chi connectivity index (χ0n) is 6.29. The van der Waals surface area contributed by atoms with Crippen molar-refractivity contribution in [2.24, 2.45) is 0 Å². The van der Waals surface area contributed by atoms with Crippen LogP contribution < -0.4 is 0 Å². The van der Waals surface area contributed by atoms with Gasteiger partial charge in [-0.2, -0.15) is 0 Å². The van der Waals surface area contributed by atoms with E-state index < -0.39 is 0 Å². The maximum Gasteiger partial charge on any atom is 0.228 e. The molecular weight excluding hydrogens is 214 g/mol. The second-order valence-corrected chi connectivity index (χ2v) is 2.20. The first-order valence-electron chi connectivity index (χ1n) is 3.01. The van der Waals surface area contributed by atoms with Crippen molar-refractivity contribution in [3.8, 4) is 0 Å². The molecule has 1 fully saturated rings. The molecule has 0 unspecified atom stereocenters. The topological polar surface area (TPSA) is 68.9 Å². The molecule has 5 heteroatoms. The van der Waals surface area contributed by atoms with Crippen LogP contribution in [0.25, 0.3) is 0 Å². The van der Waals surface area contributed by atoms with E-state index in [-0.39, 0.29) is 34.3 Å². The van der Waals surface area contributed by atoms with Gasteiger partial charge in [0, 0.05) is 19.9 Å². The molecule has 11 heavy (non-hydrogen) atoms. The fourth-order valence-electron chi connectivity index (χ4n) is 0.865. The second kappa shape index (κ2) is 5.26. The molecule has 1 rings (SSSR count). The molecule has 0 aromatic carbocycles. The van der Waals surface area contributed by atoms with E-state index in [9.17, 15) is 9.59 Å². The predicted molar refractivity (Wildman–Crippen MR) is 45.6 cm³/mol. The molecule has 66 valence electrons. The number of nitrogens with zero attached hydrogens (tertiary/aromatic N) is 1. The predicted octanol–water partition coefficient (Wildman–Crippen LogP) is -0.0915. The van der Waals surface area contributed by atoms with Gasteiger partial charge in [0.05, 0.1) is 0 Å². The zero-order valence-corrected chi connectivity index (χ0v) is 8.01. The molecule has 0 bridgehead atoms. The Bertz CT molecular complexity index is 144. The first-order chi connectivity index (χ1) is 4.22. The monoisotopic (exact) mass is 225 g/mol. The quantitative estimate of drug-likeness (QED) is 0.541. The van der Waals surface area contributed by atoms with Gasteiger partial charge in [0.15, 0.2) is 0 Å². The lowest BCUT2D eigenvalue weighted by Gasteiger charge is -2.19. The Kier molecular flexibility index (Phi) is 6.31. The summed E-state index contributed by atoms with van der Waals surface area (Å²) in [5.74, 6) is -0.0995. The van der Waals surface area contributed by atoms with Crippen LogP contribution in [0.5, 0.6) is 0 Å². The van der Waals surface area contributed by atoms with Crippen LogP contribution in [0.15, 0.2) is 0 Å². The number of halogens is 1. The van der Waals surface area contributed by atoms with Gasteiger partial charge >= 0.3 is 0 Å². The third-order valence-electron chi connectivity index (χ3n) is 1.53. The summed E-state index contributed by atoms with van der Waals surface area (Å²) in [5, 5.41) is 0. The normalized spacial score (nSPS) is 17.0. The minimum atomic E-state index is -0.0498. The van der Waals surface area contributed by atoms with Crippen LogP contribution >= 0.6 is 17.0 Å². The average Bonchev–Trinajstić information content (AvgIpc) is 1.83. The molecule has 2 N–H and O–H groups in total. The maximum absolute atomic E-state index is 10.7. The van der Waals surface area contributed by atoms with Crippen molar-refractivity contribution in [1.82, 2.24) is 4.90 Å². The lowest BCUT2D eigenvalue weighted by molar-refractivity contribution is -0.146. The Hall–Kier alpha value is -0.420. The van der Waals surface area contributed by atoms with E-state index in [1.54, 1.807) is 0 Å². The first-order valence-corrected chi connectivity index (χ1v) is 3.01. The lowest BCUT2D eigenvalue weighted by atomic mass is 10.1. The summed E-state index contributed by atoms with van der Waals surface area (Å²) in [7, 11) is 1.53. The van der Waals surface area contributed by atoms with Gasteiger partial charge in [-0.15, -0.1) is 17.0 Å². The highest BCUT2D eigenvalue weighted by Gasteiger charge is 2.20. The van der Waals surface area contributed by atoms with Gasteiger partial charge < -0.3 is 5.48 Å². The highest BCUT2D eigenvalue weighted by molar-refractivity contribution is 8.93. The van der Waals surface area contributed by atoms with Crippen molar-refractivity contribution >= 4 is 28.8 Å². The van der Waals surface area contributed by atoms with Crippen LogP contribution in [-0.4, -0.2) is 29.2 Å². The highest BCUT2D eigenvalue weighted by atomic mass is 79.9. The van der Waals surface area contributed by atoms with Gasteiger partial charge in [0.1, 0.15) is 0 Å². The van der Waals surface area contributed by atoms with E-state index in [0.29, 0.717) is 12.8 Å². The summed E-state index contributed by atoms with van der Waals surface area (Å²) in [6.07, 6.45) is 1.78. The van der Waals surface area contributed by atoms with Gasteiger partial charge in [-0.1, -0.05) is 0 Å². The van der Waals surface area contributed by atoms with E-state index in [1.165, 1.54) is 11.9 Å². The average molecular weight is 226 g/mol. The molecule has 0 aromatic rings. The molecule has 4 nitrogen and oxygen atoms in total. The fraction of sp³-hybridized carbons (Fsp3) is 0.667. The van der Waals surface area contributed by atoms with E-state index >= 15 is 0 Å². The molecular formula is C6H12BrNO3. The van der Waals surface area contributed by atoms with E-state index in [2.05, 4.69) is 0 Å². The van der Waals surface area contributed by atoms with Crippen LogP contribution in [0.4, 0.5) is 0 Å². The SMILES string of the molecule is Br.CN1C(=O)CCCC1=O.O. The van der Waals surface area contributed by atoms with Crippen LogP contribution in [-0.2, 0) is 9.59 Å². The Morgan fingerprint density at radius 2 is 1.55 bits per heavy atom. The van der Waals surface area contributed by atoms with Crippen molar-refractivity contribution in [2.75, 3.05) is 7.05 Å². The summed E-state index contributed by atoms with van der Waals surface area (Å²) < 4.78 is 0. The van der Waals surface area contributed by atoms with Crippen molar-refractivity contribution in [3.63, 3.8) is 0 Å². The minimum absolute atomic E-state index is 0. The molecule has 1 heterocycles. The number of hydrogen-bond acceptors (Lipinski definition) is 2. The van der Waals surface area contributed by atoms with Crippen molar-refractivity contribution in [3.05, 3.63) is 0 Å². The van der Waals surface area contributed by atoms with Crippen LogP contribution in [0.1, 0.15) is 19.3 Å². The highest BCUT2D eigenvalue weighted by Crippen LogP contribution is 2.08. The molecule has 1 saturated heterocycles. The summed E-state index contributed by atoms with van der Waals surface area (Å²) in [5.41, 5.74) is 0. The van der Waals surface area contributed by atoms with Gasteiger partial charge in [-0.25, -0.2) is 0 Å². The molecule has 0 aliphatic carbocycles. The third-order valence-corrected chi connectivity index (χ3v) is 1.53. The largest absolute Gasteiger partial charge is 0.412 e. The summed E-state index contributed by atoms with van der Waals surface area (Å²) in [6, 6.07) is 0. The molecule has 0 spiro atoms. The number of carbonyl (C=O) groups excluding carboxylic acids is 2. The standard InChI is InChI=1S/C6H9NO2.BrH.H2O/c1-7-5(8)3-2-4-6(7)9;;/h2-4H2,1H3;1H;1H2. The van der Waals surface area contributed by atoms with Crippen molar-refractivity contribution in [1.29, 1.82) is 0 Å². The van der Waals surface area contributed by atoms with Crippen LogP contribution in [0, 0.1) is 0 Å². The first kappa shape index (κ1) is 13.2. The third kappa shape index (κ3) is 2.98. The van der Waals surface area contributed by atoms with Gasteiger partial charge in [0.2, 0.25) is 11.8 Å². The van der Waals surface area contributed by atoms with Gasteiger partial charge in [0.25, 0.3) is 0 Å². The number of piperidine rings is 1. The van der Waals surface area contributed by atoms with Crippen LogP contribution in [0.3, 0.4) is 0 Å². The molecule has 0 saturated carbocycles. The zero-order chi connectivity index (χ0) is 6.85. The number of likely N-dealkylation sites (tertiary alicyclic amines) is 1. The number of rotatable bonds is 0. The Morgan fingerprint density at radius 1 is 1.18 bits per heavy atom. The van der Waals surface area contributed by atoms with Gasteiger partial charge in [-0.3, -0.25) is 14.5 Å². The summed E-state index contributed by atoms with van der Waals surface area (Å²) >= 11 is 0. The molecule has 0 radical (unpaired) electrons. The summed E-state index contributed by atoms with van der Waals surface area (Å²) in [4.78, 5) is 22.6. The summed E-state index contributed by atoms with van der Waals surface area (Å²) in [6.45, 7) is 0. The number of hydrogen-bond donors (Lipinski definition) is 0. The second-order valence-electron chi connectivity index (χ2n) is 2.20. The Balaban J connectivity index is 0. The van der Waals surface area contributed by atoms with Crippen molar-refractivity contribution < 1.29 is 15.1 Å². The van der Waals surface area contributed by atoms with E-state index in [1.807, 2.05) is 0 Å². The van der Waals surface area contributed by atoms with E-state index in [0.717, 1.165) is 6.42 Å². The Morgan fingerprint density at radius 3 is 1.82 bits per heavy atom. The molecule has 0 aromatic heterocycles. The van der Waals surface area contributed by atoms with Crippen molar-refractivity contribution in [2.45, 2.75) is 19.3 Å². The molecule has 1 aliphatic heterocycles. The van der Waals surface area contributed by atoms with E-state index in [4.69, 9.17) is 0 Å².